The Labute approximate surface area is 129 Å². The summed E-state index contributed by atoms with van der Waals surface area (Å²) >= 11 is 5.22. The van der Waals surface area contributed by atoms with Crippen LogP contribution in [0.15, 0.2) is 6.07 Å². The zero-order valence-electron chi connectivity index (χ0n) is 12.3. The van der Waals surface area contributed by atoms with Gasteiger partial charge in [-0.2, -0.15) is 0 Å². The minimum Gasteiger partial charge on any atom is -0.389 e. The van der Waals surface area contributed by atoms with Crippen LogP contribution in [0, 0.1) is 19.8 Å². The number of aromatic nitrogens is 1. The molecule has 2 saturated heterocycles. The number of hydrogen-bond donors (Lipinski definition) is 2. The summed E-state index contributed by atoms with van der Waals surface area (Å²) in [4.78, 5) is 19.2. The van der Waals surface area contributed by atoms with Crippen molar-refractivity contribution in [3.63, 3.8) is 0 Å². The molecule has 2 fully saturated rings. The zero-order valence-corrected chi connectivity index (χ0v) is 13.2. The standard InChI is InChI=1S/C15H20N4OS/c1-8-6-9(2)18-14(12(8)13(16)21)19-5-3-4-10-11(19)7-17-15(10)20/h6,10-11H,3-5,7H2,1-2H3,(H2,16,21)(H,17,20). The van der Waals surface area contributed by atoms with Crippen LogP contribution >= 0.6 is 12.2 Å². The Kier molecular flexibility index (Phi) is 3.57. The topological polar surface area (TPSA) is 71.2 Å². The number of carbonyl (C=O) groups is 1. The second-order valence-electron chi connectivity index (χ2n) is 5.90. The fourth-order valence-electron chi connectivity index (χ4n) is 3.54. The first-order chi connectivity index (χ1) is 9.99. The molecule has 0 aliphatic carbocycles. The second-order valence-corrected chi connectivity index (χ2v) is 6.34. The molecule has 3 heterocycles. The Morgan fingerprint density at radius 2 is 2.29 bits per heavy atom. The first kappa shape index (κ1) is 14.3. The molecule has 2 aliphatic rings. The number of carbonyl (C=O) groups excluding carboxylic acids is 1. The maximum Gasteiger partial charge on any atom is 0.225 e. The highest BCUT2D eigenvalue weighted by molar-refractivity contribution is 7.80. The predicted octanol–water partition coefficient (Wildman–Crippen LogP) is 1.05. The molecule has 0 saturated carbocycles. The third-order valence-electron chi connectivity index (χ3n) is 4.45. The number of rotatable bonds is 2. The van der Waals surface area contributed by atoms with Gasteiger partial charge < -0.3 is 16.0 Å². The monoisotopic (exact) mass is 304 g/mol. The summed E-state index contributed by atoms with van der Waals surface area (Å²) in [6.45, 7) is 5.54. The van der Waals surface area contributed by atoms with Crippen LogP contribution in [0.25, 0.3) is 0 Å². The van der Waals surface area contributed by atoms with Crippen LogP contribution in [0.5, 0.6) is 0 Å². The normalized spacial score (nSPS) is 24.7. The van der Waals surface area contributed by atoms with Crippen LogP contribution in [0.1, 0.15) is 29.7 Å². The molecular formula is C15H20N4OS. The lowest BCUT2D eigenvalue weighted by molar-refractivity contribution is -0.122. The molecule has 2 unspecified atom stereocenters. The third kappa shape index (κ3) is 2.37. The highest BCUT2D eigenvalue weighted by atomic mass is 32.1. The summed E-state index contributed by atoms with van der Waals surface area (Å²) in [6, 6.07) is 2.16. The van der Waals surface area contributed by atoms with Crippen molar-refractivity contribution < 1.29 is 4.79 Å². The Morgan fingerprint density at radius 1 is 1.52 bits per heavy atom. The average molecular weight is 304 g/mol. The molecule has 0 spiro atoms. The Morgan fingerprint density at radius 3 is 3.00 bits per heavy atom. The number of anilines is 1. The lowest BCUT2D eigenvalue weighted by Gasteiger charge is -2.38. The molecule has 2 atom stereocenters. The van der Waals surface area contributed by atoms with Crippen molar-refractivity contribution in [1.29, 1.82) is 0 Å². The molecule has 21 heavy (non-hydrogen) atoms. The van der Waals surface area contributed by atoms with Crippen molar-refractivity contribution >= 4 is 28.9 Å². The number of amides is 1. The largest absolute Gasteiger partial charge is 0.389 e. The predicted molar refractivity (Wildman–Crippen MR) is 86.5 cm³/mol. The number of thiocarbonyl (C=S) groups is 1. The van der Waals surface area contributed by atoms with Crippen molar-refractivity contribution in [3.8, 4) is 0 Å². The smallest absolute Gasteiger partial charge is 0.225 e. The summed E-state index contributed by atoms with van der Waals surface area (Å²) in [5.41, 5.74) is 8.75. The maximum atomic E-state index is 11.9. The van der Waals surface area contributed by atoms with Crippen molar-refractivity contribution in [2.24, 2.45) is 11.7 Å². The number of pyridine rings is 1. The molecule has 3 N–H and O–H groups in total. The molecule has 112 valence electrons. The van der Waals surface area contributed by atoms with Crippen LogP contribution in [-0.2, 0) is 4.79 Å². The number of fused-ring (bicyclic) bond motifs is 1. The maximum absolute atomic E-state index is 11.9. The Balaban J connectivity index is 2.07. The molecule has 6 heteroatoms. The number of hydrogen-bond acceptors (Lipinski definition) is 4. The SMILES string of the molecule is Cc1cc(C)c(C(N)=S)c(N2CCCC3C(=O)NCC32)n1. The van der Waals surface area contributed by atoms with E-state index in [2.05, 4.69) is 15.2 Å². The van der Waals surface area contributed by atoms with Crippen LogP contribution in [0.4, 0.5) is 5.82 Å². The van der Waals surface area contributed by atoms with E-state index in [-0.39, 0.29) is 17.9 Å². The number of nitrogens with two attached hydrogens (primary N) is 1. The van der Waals surface area contributed by atoms with Gasteiger partial charge in [0.25, 0.3) is 0 Å². The molecule has 0 aromatic carbocycles. The third-order valence-corrected chi connectivity index (χ3v) is 4.65. The van der Waals surface area contributed by atoms with Gasteiger partial charge in [0.2, 0.25) is 5.91 Å². The van der Waals surface area contributed by atoms with E-state index in [9.17, 15) is 4.79 Å². The summed E-state index contributed by atoms with van der Waals surface area (Å²) in [5.74, 6) is 1.05. The minimum absolute atomic E-state index is 0.0561. The van der Waals surface area contributed by atoms with Gasteiger partial charge in [-0.1, -0.05) is 12.2 Å². The molecule has 0 radical (unpaired) electrons. The van der Waals surface area contributed by atoms with E-state index in [0.29, 0.717) is 11.5 Å². The van der Waals surface area contributed by atoms with E-state index >= 15 is 0 Å². The van der Waals surface area contributed by atoms with Gasteiger partial charge in [-0.25, -0.2) is 4.98 Å². The fourth-order valence-corrected chi connectivity index (χ4v) is 3.80. The van der Waals surface area contributed by atoms with Crippen molar-refractivity contribution in [3.05, 3.63) is 22.9 Å². The first-order valence-corrected chi connectivity index (χ1v) is 7.72. The summed E-state index contributed by atoms with van der Waals surface area (Å²) in [7, 11) is 0. The van der Waals surface area contributed by atoms with Gasteiger partial charge in [-0.15, -0.1) is 0 Å². The van der Waals surface area contributed by atoms with Gasteiger partial charge in [0.1, 0.15) is 10.8 Å². The lowest BCUT2D eigenvalue weighted by Crippen LogP contribution is -2.47. The van der Waals surface area contributed by atoms with E-state index in [0.717, 1.165) is 42.0 Å². The molecule has 1 aromatic rings. The molecular weight excluding hydrogens is 284 g/mol. The van der Waals surface area contributed by atoms with Crippen LogP contribution in [0.3, 0.4) is 0 Å². The summed E-state index contributed by atoms with van der Waals surface area (Å²) in [6.07, 6.45) is 1.93. The summed E-state index contributed by atoms with van der Waals surface area (Å²) < 4.78 is 0. The van der Waals surface area contributed by atoms with Gasteiger partial charge in [-0.05, 0) is 38.3 Å². The van der Waals surface area contributed by atoms with Crippen molar-refractivity contribution in [1.82, 2.24) is 10.3 Å². The molecule has 5 nitrogen and oxygen atoms in total. The zero-order chi connectivity index (χ0) is 15.1. The number of aryl methyl sites for hydroxylation is 2. The Hall–Kier alpha value is -1.69. The van der Waals surface area contributed by atoms with Crippen LogP contribution in [-0.4, -0.2) is 35.0 Å². The quantitative estimate of drug-likeness (QED) is 0.799. The highest BCUT2D eigenvalue weighted by Crippen LogP contribution is 2.33. The van der Waals surface area contributed by atoms with E-state index in [1.54, 1.807) is 0 Å². The van der Waals surface area contributed by atoms with E-state index in [4.69, 9.17) is 18.0 Å². The number of nitrogens with zero attached hydrogens (tertiary/aromatic N) is 2. The molecule has 2 aliphatic heterocycles. The van der Waals surface area contributed by atoms with E-state index in [1.165, 1.54) is 0 Å². The Bertz CT molecular complexity index is 616. The number of nitrogens with one attached hydrogen (secondary N) is 1. The average Bonchev–Trinajstić information content (AvgIpc) is 2.79. The highest BCUT2D eigenvalue weighted by Gasteiger charge is 2.42. The second kappa shape index (κ2) is 5.26. The van der Waals surface area contributed by atoms with Crippen LogP contribution < -0.4 is 16.0 Å². The van der Waals surface area contributed by atoms with Crippen LogP contribution in [0.2, 0.25) is 0 Å². The van der Waals surface area contributed by atoms with Gasteiger partial charge >= 0.3 is 0 Å². The first-order valence-electron chi connectivity index (χ1n) is 7.31. The summed E-state index contributed by atoms with van der Waals surface area (Å²) in [5, 5.41) is 2.97. The lowest BCUT2D eigenvalue weighted by atomic mass is 9.91. The van der Waals surface area contributed by atoms with Crippen molar-refractivity contribution in [2.45, 2.75) is 32.7 Å². The molecule has 3 rings (SSSR count). The van der Waals surface area contributed by atoms with E-state index < -0.39 is 0 Å². The number of piperidine rings is 1. The fraction of sp³-hybridized carbons (Fsp3) is 0.533. The van der Waals surface area contributed by atoms with Gasteiger partial charge in [0.15, 0.2) is 0 Å². The van der Waals surface area contributed by atoms with Crippen molar-refractivity contribution in [2.75, 3.05) is 18.0 Å². The van der Waals surface area contributed by atoms with E-state index in [1.807, 2.05) is 19.9 Å². The van der Waals surface area contributed by atoms with Gasteiger partial charge in [0, 0.05) is 18.8 Å². The molecule has 0 bridgehead atoms. The minimum atomic E-state index is 0.0561. The molecule has 1 aromatic heterocycles. The van der Waals surface area contributed by atoms with Gasteiger partial charge in [0.05, 0.1) is 17.5 Å². The molecule has 1 amide bonds. The van der Waals surface area contributed by atoms with Gasteiger partial charge in [-0.3, -0.25) is 4.79 Å².